The molecular weight excluding hydrogens is 386 g/mol. The Balaban J connectivity index is 1.17. The molecule has 4 atom stereocenters. The van der Waals surface area contributed by atoms with Crippen LogP contribution in [-0.2, 0) is 9.47 Å². The van der Waals surface area contributed by atoms with E-state index in [4.69, 9.17) is 13.9 Å². The quantitative estimate of drug-likeness (QED) is 0.690. The van der Waals surface area contributed by atoms with Gasteiger partial charge in [-0.3, -0.25) is 0 Å². The van der Waals surface area contributed by atoms with Gasteiger partial charge in [0.1, 0.15) is 17.9 Å². The Kier molecular flexibility index (Phi) is 5.54. The number of nitrogens with one attached hydrogen (secondary N) is 3. The van der Waals surface area contributed by atoms with Crippen molar-refractivity contribution in [2.75, 3.05) is 18.5 Å². The fourth-order valence-electron chi connectivity index (χ4n) is 4.54. The minimum Gasteiger partial charge on any atom is -0.463 e. The van der Waals surface area contributed by atoms with Crippen LogP contribution in [0, 0.1) is 0 Å². The van der Waals surface area contributed by atoms with Crippen molar-refractivity contribution in [3.63, 3.8) is 0 Å². The molecule has 9 nitrogen and oxygen atoms in total. The minimum absolute atomic E-state index is 0.0879. The van der Waals surface area contributed by atoms with Crippen LogP contribution < -0.4 is 16.0 Å². The highest BCUT2D eigenvalue weighted by Gasteiger charge is 2.48. The molecule has 2 aromatic rings. The van der Waals surface area contributed by atoms with E-state index < -0.39 is 0 Å². The van der Waals surface area contributed by atoms with Crippen LogP contribution in [0.1, 0.15) is 32.1 Å². The van der Waals surface area contributed by atoms with Gasteiger partial charge in [-0.2, -0.15) is 0 Å². The Morgan fingerprint density at radius 1 is 1.00 bits per heavy atom. The molecule has 3 N–H and O–H groups in total. The molecule has 0 radical (unpaired) electrons. The van der Waals surface area contributed by atoms with Crippen molar-refractivity contribution in [2.24, 2.45) is 0 Å². The van der Waals surface area contributed by atoms with E-state index >= 15 is 0 Å². The molecule has 2 saturated heterocycles. The van der Waals surface area contributed by atoms with Crippen LogP contribution in [0.5, 0.6) is 0 Å². The Morgan fingerprint density at radius 3 is 2.60 bits per heavy atom. The van der Waals surface area contributed by atoms with Crippen LogP contribution in [0.3, 0.4) is 0 Å². The van der Waals surface area contributed by atoms with E-state index in [1.165, 1.54) is 19.3 Å². The van der Waals surface area contributed by atoms with Gasteiger partial charge in [0.05, 0.1) is 31.6 Å². The van der Waals surface area contributed by atoms with Gasteiger partial charge >= 0.3 is 6.03 Å². The van der Waals surface area contributed by atoms with Crippen LogP contribution in [-0.4, -0.2) is 59.5 Å². The first-order valence-electron chi connectivity index (χ1n) is 10.7. The molecule has 1 aliphatic carbocycles. The number of carbonyl (C=O) groups excluding carboxylic acids is 1. The number of urea groups is 1. The molecule has 160 valence electrons. The van der Waals surface area contributed by atoms with E-state index in [-0.39, 0.29) is 36.4 Å². The summed E-state index contributed by atoms with van der Waals surface area (Å²) >= 11 is 0. The molecule has 3 aliphatic rings. The number of nitrogens with zero attached hydrogens (tertiary/aromatic N) is 2. The molecule has 30 heavy (non-hydrogen) atoms. The Bertz CT molecular complexity index is 855. The van der Waals surface area contributed by atoms with E-state index in [2.05, 4.69) is 25.9 Å². The summed E-state index contributed by atoms with van der Waals surface area (Å²) in [5.41, 5.74) is 0.708. The second kappa shape index (κ2) is 8.61. The van der Waals surface area contributed by atoms with E-state index in [9.17, 15) is 4.79 Å². The number of carbonyl (C=O) groups is 1. The fraction of sp³-hybridized carbons (Fsp3) is 0.571. The van der Waals surface area contributed by atoms with Crippen molar-refractivity contribution in [1.82, 2.24) is 20.6 Å². The van der Waals surface area contributed by atoms with Gasteiger partial charge in [0.15, 0.2) is 5.76 Å². The highest BCUT2D eigenvalue weighted by atomic mass is 16.6. The normalized spacial score (nSPS) is 28.8. The van der Waals surface area contributed by atoms with Crippen LogP contribution in [0.15, 0.2) is 35.1 Å². The van der Waals surface area contributed by atoms with E-state index in [0.717, 1.165) is 12.8 Å². The Morgan fingerprint density at radius 2 is 1.80 bits per heavy atom. The average molecular weight is 413 g/mol. The van der Waals surface area contributed by atoms with Crippen LogP contribution >= 0.6 is 0 Å². The van der Waals surface area contributed by atoms with E-state index in [0.29, 0.717) is 30.6 Å². The van der Waals surface area contributed by atoms with Gasteiger partial charge in [-0.25, -0.2) is 14.8 Å². The summed E-state index contributed by atoms with van der Waals surface area (Å²) in [6.45, 7) is 0.894. The van der Waals surface area contributed by atoms with Crippen molar-refractivity contribution in [1.29, 1.82) is 0 Å². The second-order valence-electron chi connectivity index (χ2n) is 8.15. The Labute approximate surface area is 174 Å². The van der Waals surface area contributed by atoms with Crippen molar-refractivity contribution < 1.29 is 18.7 Å². The highest BCUT2D eigenvalue weighted by Crippen LogP contribution is 2.29. The summed E-state index contributed by atoms with van der Waals surface area (Å²) in [5.74, 6) is 1.18. The summed E-state index contributed by atoms with van der Waals surface area (Å²) in [6.07, 6.45) is 8.69. The molecule has 9 heteroatoms. The summed E-state index contributed by atoms with van der Waals surface area (Å²) in [4.78, 5) is 21.2. The molecule has 0 unspecified atom stereocenters. The van der Waals surface area contributed by atoms with Gasteiger partial charge in [-0.15, -0.1) is 0 Å². The molecule has 0 bridgehead atoms. The molecule has 3 fully saturated rings. The minimum atomic E-state index is -0.187. The lowest BCUT2D eigenvalue weighted by Crippen LogP contribution is -2.51. The number of aromatic nitrogens is 2. The van der Waals surface area contributed by atoms with Crippen molar-refractivity contribution >= 4 is 12.0 Å². The zero-order valence-corrected chi connectivity index (χ0v) is 16.8. The standard InChI is InChI=1S/C21H27N5O4/c27-21(23-13-5-2-1-3-6-13)26-16-12-30-18-15(11-29-19(16)18)25-20-22-9-8-14(24-20)17-7-4-10-28-17/h4,7-10,13,15-16,18-19H,1-3,5-6,11-12H2,(H,22,24,25)(H2,23,26,27)/t15-,16-,18+,19+/m0/s1. The van der Waals surface area contributed by atoms with Crippen LogP contribution in [0.4, 0.5) is 10.7 Å². The van der Waals surface area contributed by atoms with E-state index in [1.54, 1.807) is 18.5 Å². The van der Waals surface area contributed by atoms with Crippen molar-refractivity contribution in [3.05, 3.63) is 30.7 Å². The van der Waals surface area contributed by atoms with Crippen molar-refractivity contribution in [2.45, 2.75) is 62.4 Å². The van der Waals surface area contributed by atoms with Gasteiger partial charge < -0.3 is 29.8 Å². The van der Waals surface area contributed by atoms with Gasteiger partial charge in [0.25, 0.3) is 0 Å². The molecule has 2 amide bonds. The first kappa shape index (κ1) is 19.3. The second-order valence-corrected chi connectivity index (χ2v) is 8.15. The van der Waals surface area contributed by atoms with Gasteiger partial charge in [0, 0.05) is 12.2 Å². The molecule has 2 aromatic heterocycles. The number of ether oxygens (including phenoxy) is 2. The molecule has 4 heterocycles. The van der Waals surface area contributed by atoms with Gasteiger partial charge in [-0.1, -0.05) is 19.3 Å². The SMILES string of the molecule is O=C(NC1CCCCC1)N[C@H]1CO[C@H]2[C@@H]1OC[C@@H]2Nc1nccc(-c2ccco2)n1. The lowest BCUT2D eigenvalue weighted by atomic mass is 9.96. The third-order valence-corrected chi connectivity index (χ3v) is 6.05. The van der Waals surface area contributed by atoms with Crippen LogP contribution in [0.25, 0.3) is 11.5 Å². The van der Waals surface area contributed by atoms with Crippen molar-refractivity contribution in [3.8, 4) is 11.5 Å². The lowest BCUT2D eigenvalue weighted by Gasteiger charge is -2.24. The molecule has 1 saturated carbocycles. The largest absolute Gasteiger partial charge is 0.463 e. The summed E-state index contributed by atoms with van der Waals surface area (Å²) in [6, 6.07) is 5.37. The molecule has 2 aliphatic heterocycles. The highest BCUT2D eigenvalue weighted by molar-refractivity contribution is 5.74. The number of furan rings is 1. The maximum absolute atomic E-state index is 12.4. The average Bonchev–Trinajstić information content (AvgIpc) is 3.50. The third kappa shape index (κ3) is 4.13. The number of hydrogen-bond donors (Lipinski definition) is 3. The summed E-state index contributed by atoms with van der Waals surface area (Å²) < 4.78 is 17.3. The molecule has 5 rings (SSSR count). The number of rotatable bonds is 5. The Hall–Kier alpha value is -2.65. The summed E-state index contributed by atoms with van der Waals surface area (Å²) in [7, 11) is 0. The zero-order chi connectivity index (χ0) is 20.3. The molecule has 0 aromatic carbocycles. The first-order valence-corrected chi connectivity index (χ1v) is 10.7. The monoisotopic (exact) mass is 413 g/mol. The van der Waals surface area contributed by atoms with Crippen LogP contribution in [0.2, 0.25) is 0 Å². The maximum Gasteiger partial charge on any atom is 0.315 e. The first-order chi connectivity index (χ1) is 14.8. The molecule has 0 spiro atoms. The predicted octanol–water partition coefficient (Wildman–Crippen LogP) is 2.32. The molecular formula is C21H27N5O4. The maximum atomic E-state index is 12.4. The van der Waals surface area contributed by atoms with E-state index in [1.807, 2.05) is 12.1 Å². The summed E-state index contributed by atoms with van der Waals surface area (Å²) in [5, 5.41) is 9.44. The smallest absolute Gasteiger partial charge is 0.315 e. The number of amides is 2. The number of fused-ring (bicyclic) bond motifs is 1. The third-order valence-electron chi connectivity index (χ3n) is 6.05. The van der Waals surface area contributed by atoms with Gasteiger partial charge in [0.2, 0.25) is 5.95 Å². The predicted molar refractivity (Wildman–Crippen MR) is 109 cm³/mol. The number of anilines is 1. The topological polar surface area (TPSA) is 111 Å². The zero-order valence-electron chi connectivity index (χ0n) is 16.8. The fourth-order valence-corrected chi connectivity index (χ4v) is 4.54. The van der Waals surface area contributed by atoms with Gasteiger partial charge in [-0.05, 0) is 31.0 Å². The lowest BCUT2D eigenvalue weighted by molar-refractivity contribution is 0.0681. The number of hydrogen-bond acceptors (Lipinski definition) is 7.